The van der Waals surface area contributed by atoms with Crippen molar-refractivity contribution in [3.63, 3.8) is 0 Å². The molecule has 1 unspecified atom stereocenters. The van der Waals surface area contributed by atoms with Crippen molar-refractivity contribution in [1.29, 1.82) is 0 Å². The van der Waals surface area contributed by atoms with Gasteiger partial charge in [0.2, 0.25) is 0 Å². The second-order valence-electron chi connectivity index (χ2n) is 5.26. The number of hydrogen-bond acceptors (Lipinski definition) is 1. The van der Waals surface area contributed by atoms with Crippen LogP contribution in [0.3, 0.4) is 0 Å². The van der Waals surface area contributed by atoms with E-state index in [1.54, 1.807) is 0 Å². The quantitative estimate of drug-likeness (QED) is 0.793. The summed E-state index contributed by atoms with van der Waals surface area (Å²) in [5.41, 5.74) is 2.73. The minimum absolute atomic E-state index is 0.340. The maximum Gasteiger partial charge on any atom is 0.0604 e. The van der Waals surface area contributed by atoms with Gasteiger partial charge in [-0.2, -0.15) is 0 Å². The van der Waals surface area contributed by atoms with Gasteiger partial charge < -0.3 is 0 Å². The molecule has 97 valence electrons. The Balaban J connectivity index is 2.01. The summed E-state index contributed by atoms with van der Waals surface area (Å²) in [6.07, 6.45) is 2.46. The van der Waals surface area contributed by atoms with Crippen LogP contribution in [0, 0.1) is 6.92 Å². The smallest absolute Gasteiger partial charge is 0.0604 e. The molecule has 0 aromatic heterocycles. The molecule has 2 aromatic carbocycles. The molecule has 0 N–H and O–H groups in total. The molecule has 1 aliphatic heterocycles. The van der Waals surface area contributed by atoms with Gasteiger partial charge in [-0.3, -0.25) is 4.90 Å². The highest BCUT2D eigenvalue weighted by molar-refractivity contribution is 5.32. The molecule has 0 bridgehead atoms. The lowest BCUT2D eigenvalue weighted by atomic mass is 9.96. The predicted octanol–water partition coefficient (Wildman–Crippen LogP) is 4.07. The minimum atomic E-state index is 0.340. The Labute approximate surface area is 115 Å². The van der Waals surface area contributed by atoms with E-state index in [9.17, 15) is 0 Å². The van der Waals surface area contributed by atoms with E-state index in [1.807, 2.05) is 0 Å². The van der Waals surface area contributed by atoms with Crippen LogP contribution >= 0.6 is 0 Å². The Morgan fingerprint density at radius 3 is 1.84 bits per heavy atom. The van der Waals surface area contributed by atoms with Crippen LogP contribution in [0.25, 0.3) is 0 Å². The van der Waals surface area contributed by atoms with Gasteiger partial charge >= 0.3 is 0 Å². The number of nitrogens with zero attached hydrogens (tertiary/aromatic N) is 1. The zero-order chi connectivity index (χ0) is 13.1. The molecule has 1 nitrogen and oxygen atoms in total. The molecule has 1 radical (unpaired) electrons. The molecule has 1 heterocycles. The molecule has 0 aliphatic carbocycles. The van der Waals surface area contributed by atoms with Crippen LogP contribution < -0.4 is 0 Å². The zero-order valence-corrected chi connectivity index (χ0v) is 11.2. The van der Waals surface area contributed by atoms with Crippen molar-refractivity contribution in [2.45, 2.75) is 24.9 Å². The normalized spacial score (nSPS) is 20.0. The van der Waals surface area contributed by atoms with E-state index in [0.717, 1.165) is 6.54 Å². The van der Waals surface area contributed by atoms with Crippen LogP contribution in [-0.4, -0.2) is 17.5 Å². The van der Waals surface area contributed by atoms with E-state index in [0.29, 0.717) is 12.1 Å². The van der Waals surface area contributed by atoms with E-state index in [1.165, 1.54) is 24.0 Å². The van der Waals surface area contributed by atoms with Gasteiger partial charge in [-0.15, -0.1) is 0 Å². The second-order valence-corrected chi connectivity index (χ2v) is 5.26. The minimum Gasteiger partial charge on any atom is -0.289 e. The average molecular weight is 250 g/mol. The average Bonchev–Trinajstić information content (AvgIpc) is 2.88. The third kappa shape index (κ3) is 2.57. The van der Waals surface area contributed by atoms with Gasteiger partial charge in [-0.05, 0) is 37.4 Å². The molecule has 3 rings (SSSR count). The second kappa shape index (κ2) is 5.58. The number of rotatable bonds is 3. The van der Waals surface area contributed by atoms with Crippen molar-refractivity contribution in [2.75, 3.05) is 6.54 Å². The molecule has 1 fully saturated rings. The maximum absolute atomic E-state index is 4.32. The van der Waals surface area contributed by atoms with Gasteiger partial charge in [0, 0.05) is 6.04 Å². The van der Waals surface area contributed by atoms with Crippen molar-refractivity contribution < 1.29 is 0 Å². The van der Waals surface area contributed by atoms with Crippen molar-refractivity contribution in [3.05, 3.63) is 78.7 Å². The summed E-state index contributed by atoms with van der Waals surface area (Å²) >= 11 is 0. The van der Waals surface area contributed by atoms with Gasteiger partial charge in [0.25, 0.3) is 0 Å². The summed E-state index contributed by atoms with van der Waals surface area (Å²) < 4.78 is 0. The third-order valence-electron chi connectivity index (χ3n) is 3.98. The molecule has 1 saturated heterocycles. The van der Waals surface area contributed by atoms with Crippen LogP contribution in [0.15, 0.2) is 60.7 Å². The largest absolute Gasteiger partial charge is 0.289 e. The van der Waals surface area contributed by atoms with E-state index >= 15 is 0 Å². The van der Waals surface area contributed by atoms with Gasteiger partial charge in [-0.1, -0.05) is 60.7 Å². The van der Waals surface area contributed by atoms with Crippen molar-refractivity contribution >= 4 is 0 Å². The molecule has 0 amide bonds. The van der Waals surface area contributed by atoms with Crippen LogP contribution in [0.5, 0.6) is 0 Å². The summed E-state index contributed by atoms with van der Waals surface area (Å²) in [6.45, 7) is 5.46. The first kappa shape index (κ1) is 12.4. The summed E-state index contributed by atoms with van der Waals surface area (Å²) in [6, 6.07) is 22.3. The Hall–Kier alpha value is -1.60. The lowest BCUT2D eigenvalue weighted by Crippen LogP contribution is -2.32. The number of likely N-dealkylation sites (tertiary alicyclic amines) is 1. The molecule has 1 aliphatic rings. The molecule has 19 heavy (non-hydrogen) atoms. The molecule has 2 aromatic rings. The lowest BCUT2D eigenvalue weighted by molar-refractivity contribution is 0.236. The van der Waals surface area contributed by atoms with Crippen molar-refractivity contribution in [2.24, 2.45) is 0 Å². The monoisotopic (exact) mass is 250 g/mol. The van der Waals surface area contributed by atoms with Gasteiger partial charge in [-0.25, -0.2) is 0 Å². The van der Waals surface area contributed by atoms with E-state index in [-0.39, 0.29) is 0 Å². The van der Waals surface area contributed by atoms with E-state index in [4.69, 9.17) is 0 Å². The van der Waals surface area contributed by atoms with Crippen molar-refractivity contribution in [1.82, 2.24) is 4.90 Å². The molecule has 1 heteroatoms. The Bertz CT molecular complexity index is 466. The maximum atomic E-state index is 4.32. The molecular weight excluding hydrogens is 230 g/mol. The fourth-order valence-corrected chi connectivity index (χ4v) is 3.04. The van der Waals surface area contributed by atoms with Crippen LogP contribution in [-0.2, 0) is 0 Å². The summed E-state index contributed by atoms with van der Waals surface area (Å²) in [5, 5.41) is 0. The number of hydrogen-bond donors (Lipinski definition) is 0. The Morgan fingerprint density at radius 2 is 1.42 bits per heavy atom. The number of benzene rings is 2. The summed E-state index contributed by atoms with van der Waals surface area (Å²) in [7, 11) is 0. The molecular formula is C18H20N. The standard InChI is InChI=1S/C18H20N/c1-15-9-8-14-19(15)18(16-10-4-2-5-11-16)17-12-6-3-7-13-17/h2-7,10-13,15,18H,1,8-9,14H2. The lowest BCUT2D eigenvalue weighted by Gasteiger charge is -2.32. The molecule has 1 atom stereocenters. The van der Waals surface area contributed by atoms with Gasteiger partial charge in [0.15, 0.2) is 0 Å². The van der Waals surface area contributed by atoms with E-state index < -0.39 is 0 Å². The zero-order valence-electron chi connectivity index (χ0n) is 11.2. The molecule has 0 saturated carbocycles. The first-order valence-electron chi connectivity index (χ1n) is 7.05. The topological polar surface area (TPSA) is 3.24 Å². The van der Waals surface area contributed by atoms with E-state index in [2.05, 4.69) is 72.5 Å². The van der Waals surface area contributed by atoms with Crippen LogP contribution in [0.4, 0.5) is 0 Å². The highest BCUT2D eigenvalue weighted by atomic mass is 15.2. The van der Waals surface area contributed by atoms with Crippen LogP contribution in [0.2, 0.25) is 0 Å². The molecule has 0 spiro atoms. The Morgan fingerprint density at radius 1 is 0.895 bits per heavy atom. The highest BCUT2D eigenvalue weighted by Crippen LogP contribution is 2.34. The third-order valence-corrected chi connectivity index (χ3v) is 3.98. The Kier molecular flexibility index (Phi) is 3.65. The summed E-state index contributed by atoms with van der Waals surface area (Å²) in [4.78, 5) is 2.53. The SMILES string of the molecule is [CH2]C1CCCN1C(c1ccccc1)c1ccccc1. The van der Waals surface area contributed by atoms with Gasteiger partial charge in [0.1, 0.15) is 0 Å². The first-order valence-corrected chi connectivity index (χ1v) is 7.05. The summed E-state index contributed by atoms with van der Waals surface area (Å²) in [5.74, 6) is 0. The predicted molar refractivity (Wildman–Crippen MR) is 79.8 cm³/mol. The first-order chi connectivity index (χ1) is 9.36. The highest BCUT2D eigenvalue weighted by Gasteiger charge is 2.29. The van der Waals surface area contributed by atoms with Crippen LogP contribution in [0.1, 0.15) is 30.0 Å². The van der Waals surface area contributed by atoms with Gasteiger partial charge in [0.05, 0.1) is 6.04 Å². The van der Waals surface area contributed by atoms with Crippen molar-refractivity contribution in [3.8, 4) is 0 Å². The fourth-order valence-electron chi connectivity index (χ4n) is 3.04. The fraction of sp³-hybridized carbons (Fsp3) is 0.278.